The Morgan fingerprint density at radius 3 is 2.26 bits per heavy atom. The molecule has 1 aromatic heterocycles. The van der Waals surface area contributed by atoms with Crippen molar-refractivity contribution in [3.63, 3.8) is 0 Å². The summed E-state index contributed by atoms with van der Waals surface area (Å²) >= 11 is 1.32. The zero-order chi connectivity index (χ0) is 23.3. The van der Waals surface area contributed by atoms with Crippen LogP contribution in [0.25, 0.3) is 11.6 Å². The highest BCUT2D eigenvalue weighted by molar-refractivity contribution is 7.15. The Hall–Kier alpha value is -4.10. The standard InChI is InChI=1S/C27H22N4O2S/c32-24-17-21(18-31(24)22-14-8-3-9-15-22)26-29-30-27(34-26)28-25(33)23(20-12-6-2-7-13-20)16-19-10-4-1-5-11-19/h1-16,21H,17-18H2,(H,28,30,33)/b23-16+. The van der Waals surface area contributed by atoms with Gasteiger partial charge in [0, 0.05) is 30.1 Å². The fraction of sp³-hybridized carbons (Fsp3) is 0.111. The van der Waals surface area contributed by atoms with Crippen molar-refractivity contribution >= 4 is 45.6 Å². The van der Waals surface area contributed by atoms with Gasteiger partial charge in [-0.1, -0.05) is 90.2 Å². The van der Waals surface area contributed by atoms with Crippen LogP contribution in [0.4, 0.5) is 10.8 Å². The molecule has 6 nitrogen and oxygen atoms in total. The van der Waals surface area contributed by atoms with E-state index in [2.05, 4.69) is 15.5 Å². The second kappa shape index (κ2) is 9.80. The Bertz CT molecular complexity index is 1320. The van der Waals surface area contributed by atoms with Crippen molar-refractivity contribution in [2.24, 2.45) is 0 Å². The van der Waals surface area contributed by atoms with Crippen LogP contribution >= 0.6 is 11.3 Å². The molecule has 4 aromatic rings. The maximum Gasteiger partial charge on any atom is 0.258 e. The highest BCUT2D eigenvalue weighted by atomic mass is 32.1. The predicted octanol–water partition coefficient (Wildman–Crippen LogP) is 5.24. The number of aromatic nitrogens is 2. The van der Waals surface area contributed by atoms with Crippen LogP contribution in [0.5, 0.6) is 0 Å². The van der Waals surface area contributed by atoms with Gasteiger partial charge in [-0.15, -0.1) is 10.2 Å². The molecule has 1 aliphatic rings. The summed E-state index contributed by atoms with van der Waals surface area (Å²) in [6, 6.07) is 28.9. The predicted molar refractivity (Wildman–Crippen MR) is 135 cm³/mol. The van der Waals surface area contributed by atoms with Crippen LogP contribution in [0.2, 0.25) is 0 Å². The number of nitrogens with zero attached hydrogens (tertiary/aromatic N) is 3. The highest BCUT2D eigenvalue weighted by Gasteiger charge is 2.34. The number of hydrogen-bond donors (Lipinski definition) is 1. The summed E-state index contributed by atoms with van der Waals surface area (Å²) in [4.78, 5) is 27.6. The van der Waals surface area contributed by atoms with E-state index in [1.54, 1.807) is 4.90 Å². The van der Waals surface area contributed by atoms with Crippen molar-refractivity contribution < 1.29 is 9.59 Å². The third-order valence-corrected chi connectivity index (χ3v) is 6.64. The molecule has 0 saturated carbocycles. The van der Waals surface area contributed by atoms with Crippen molar-refractivity contribution in [3.05, 3.63) is 107 Å². The number of carbonyl (C=O) groups excluding carboxylic acids is 2. The molecule has 7 heteroatoms. The minimum Gasteiger partial charge on any atom is -0.312 e. The first kappa shape index (κ1) is 21.7. The molecular weight excluding hydrogens is 444 g/mol. The van der Waals surface area contributed by atoms with Crippen LogP contribution in [0.1, 0.15) is 28.5 Å². The number of amides is 2. The topological polar surface area (TPSA) is 75.2 Å². The monoisotopic (exact) mass is 466 g/mol. The van der Waals surface area contributed by atoms with Crippen molar-refractivity contribution in [2.45, 2.75) is 12.3 Å². The molecule has 1 fully saturated rings. The number of nitrogens with one attached hydrogen (secondary N) is 1. The normalized spacial score (nSPS) is 16.0. The van der Waals surface area contributed by atoms with Gasteiger partial charge in [0.1, 0.15) is 5.01 Å². The summed E-state index contributed by atoms with van der Waals surface area (Å²) in [7, 11) is 0. The lowest BCUT2D eigenvalue weighted by Crippen LogP contribution is -2.24. The first-order valence-electron chi connectivity index (χ1n) is 11.0. The largest absolute Gasteiger partial charge is 0.312 e. The molecular formula is C27H22N4O2S. The minimum atomic E-state index is -0.258. The summed E-state index contributed by atoms with van der Waals surface area (Å²) in [6.45, 7) is 0.550. The molecule has 0 spiro atoms. The molecule has 1 aliphatic heterocycles. The molecule has 3 aromatic carbocycles. The van der Waals surface area contributed by atoms with Crippen molar-refractivity contribution in [1.29, 1.82) is 0 Å². The first-order chi connectivity index (χ1) is 16.7. The summed E-state index contributed by atoms with van der Waals surface area (Å²) in [5.74, 6) is -0.246. The first-order valence-corrected chi connectivity index (χ1v) is 11.8. The van der Waals surface area contributed by atoms with Crippen LogP contribution in [-0.2, 0) is 9.59 Å². The molecule has 1 atom stereocenters. The van der Waals surface area contributed by atoms with Gasteiger partial charge < -0.3 is 4.90 Å². The minimum absolute atomic E-state index is 0.0516. The van der Waals surface area contributed by atoms with E-state index >= 15 is 0 Å². The second-order valence-electron chi connectivity index (χ2n) is 7.98. The van der Waals surface area contributed by atoms with Crippen LogP contribution in [-0.4, -0.2) is 28.6 Å². The maximum absolute atomic E-state index is 13.2. The van der Waals surface area contributed by atoms with Crippen molar-refractivity contribution in [2.75, 3.05) is 16.8 Å². The molecule has 1 unspecified atom stereocenters. The summed E-state index contributed by atoms with van der Waals surface area (Å²) in [5.41, 5.74) is 3.16. The van der Waals surface area contributed by atoms with E-state index in [0.717, 1.165) is 21.8 Å². The molecule has 168 valence electrons. The van der Waals surface area contributed by atoms with Gasteiger partial charge in [0.05, 0.1) is 0 Å². The van der Waals surface area contributed by atoms with E-state index in [4.69, 9.17) is 0 Å². The quantitative estimate of drug-likeness (QED) is 0.312. The molecule has 2 amide bonds. The lowest BCUT2D eigenvalue weighted by molar-refractivity contribution is -0.117. The van der Waals surface area contributed by atoms with Gasteiger partial charge in [0.15, 0.2) is 0 Å². The highest BCUT2D eigenvalue weighted by Crippen LogP contribution is 2.34. The van der Waals surface area contributed by atoms with Gasteiger partial charge in [-0.2, -0.15) is 0 Å². The number of benzene rings is 3. The van der Waals surface area contributed by atoms with E-state index < -0.39 is 0 Å². The summed E-state index contributed by atoms with van der Waals surface area (Å²) < 4.78 is 0. The molecule has 0 bridgehead atoms. The average Bonchev–Trinajstić information content (AvgIpc) is 3.50. The van der Waals surface area contributed by atoms with E-state index in [0.29, 0.717) is 23.7 Å². The fourth-order valence-corrected chi connectivity index (χ4v) is 4.79. The second-order valence-corrected chi connectivity index (χ2v) is 8.98. The smallest absolute Gasteiger partial charge is 0.258 e. The Kier molecular flexibility index (Phi) is 6.27. The number of rotatable bonds is 6. The van der Waals surface area contributed by atoms with Gasteiger partial charge in [-0.25, -0.2) is 0 Å². The van der Waals surface area contributed by atoms with Crippen LogP contribution in [0.15, 0.2) is 91.0 Å². The molecule has 0 radical (unpaired) electrons. The number of anilines is 2. The van der Waals surface area contributed by atoms with Gasteiger partial charge in [-0.3, -0.25) is 14.9 Å². The molecule has 34 heavy (non-hydrogen) atoms. The number of para-hydroxylation sites is 1. The lowest BCUT2D eigenvalue weighted by atomic mass is 10.0. The maximum atomic E-state index is 13.2. The van der Waals surface area contributed by atoms with E-state index in [-0.39, 0.29) is 17.7 Å². The van der Waals surface area contributed by atoms with Crippen LogP contribution < -0.4 is 10.2 Å². The third-order valence-electron chi connectivity index (χ3n) is 5.64. The molecule has 0 aliphatic carbocycles. The van der Waals surface area contributed by atoms with Crippen LogP contribution in [0.3, 0.4) is 0 Å². The number of hydrogen-bond acceptors (Lipinski definition) is 5. The van der Waals surface area contributed by atoms with Gasteiger partial charge >= 0.3 is 0 Å². The number of carbonyl (C=O) groups is 2. The SMILES string of the molecule is O=C(Nc1nnc(C2CC(=O)N(c3ccccc3)C2)s1)/C(=C/c1ccccc1)c1ccccc1. The molecule has 1 saturated heterocycles. The zero-order valence-electron chi connectivity index (χ0n) is 18.3. The van der Waals surface area contributed by atoms with Crippen molar-refractivity contribution in [3.8, 4) is 0 Å². The van der Waals surface area contributed by atoms with E-state index in [1.807, 2.05) is 97.1 Å². The molecule has 1 N–H and O–H groups in total. The summed E-state index contributed by atoms with van der Waals surface area (Å²) in [5, 5.41) is 12.5. The lowest BCUT2D eigenvalue weighted by Gasteiger charge is -2.15. The Morgan fingerprint density at radius 1 is 0.912 bits per heavy atom. The molecule has 2 heterocycles. The molecule has 5 rings (SSSR count). The Morgan fingerprint density at radius 2 is 1.56 bits per heavy atom. The van der Waals surface area contributed by atoms with Crippen molar-refractivity contribution in [1.82, 2.24) is 10.2 Å². The Balaban J connectivity index is 1.34. The zero-order valence-corrected chi connectivity index (χ0v) is 19.1. The van der Waals surface area contributed by atoms with Crippen LogP contribution in [0, 0.1) is 0 Å². The van der Waals surface area contributed by atoms with Gasteiger partial charge in [-0.05, 0) is 29.3 Å². The third kappa shape index (κ3) is 4.79. The van der Waals surface area contributed by atoms with E-state index in [1.165, 1.54) is 11.3 Å². The Labute approximate surface area is 201 Å². The van der Waals surface area contributed by atoms with Gasteiger partial charge in [0.25, 0.3) is 5.91 Å². The van der Waals surface area contributed by atoms with Gasteiger partial charge in [0.2, 0.25) is 11.0 Å². The fourth-order valence-electron chi connectivity index (χ4n) is 3.96. The average molecular weight is 467 g/mol. The van der Waals surface area contributed by atoms with E-state index in [9.17, 15) is 9.59 Å². The summed E-state index contributed by atoms with van der Waals surface area (Å²) in [6.07, 6.45) is 2.24.